The first-order valence-corrected chi connectivity index (χ1v) is 9.31. The van der Waals surface area contributed by atoms with Crippen LogP contribution >= 0.6 is 0 Å². The van der Waals surface area contributed by atoms with E-state index in [0.29, 0.717) is 19.5 Å². The van der Waals surface area contributed by atoms with E-state index in [2.05, 4.69) is 9.72 Å². The minimum Gasteiger partial charge on any atom is -0.453 e. The van der Waals surface area contributed by atoms with Crippen molar-refractivity contribution in [2.45, 2.75) is 19.4 Å². The van der Waals surface area contributed by atoms with Gasteiger partial charge in [-0.15, -0.1) is 0 Å². The van der Waals surface area contributed by atoms with Crippen molar-refractivity contribution in [2.75, 3.05) is 13.7 Å². The quantitative estimate of drug-likeness (QED) is 0.604. The van der Waals surface area contributed by atoms with Gasteiger partial charge < -0.3 is 14.6 Å². The number of fused-ring (bicyclic) bond motifs is 1. The van der Waals surface area contributed by atoms with Crippen LogP contribution < -0.4 is 5.32 Å². The Bertz CT molecular complexity index is 997. The Kier molecular flexibility index (Phi) is 6.63. The van der Waals surface area contributed by atoms with Gasteiger partial charge in [0, 0.05) is 30.2 Å². The Morgan fingerprint density at radius 3 is 2.52 bits per heavy atom. The van der Waals surface area contributed by atoms with Crippen LogP contribution in [0.4, 0.5) is 4.79 Å². The molecule has 0 saturated carbocycles. The third-order valence-corrected chi connectivity index (χ3v) is 4.63. The summed E-state index contributed by atoms with van der Waals surface area (Å²) in [6.07, 6.45) is 1.29. The molecule has 0 unspecified atom stereocenters. The number of methoxy groups -OCH3 is 1. The number of rotatable bonds is 7. The average molecular weight is 393 g/mol. The molecule has 3 amide bonds. The first-order valence-electron chi connectivity index (χ1n) is 9.31. The van der Waals surface area contributed by atoms with Gasteiger partial charge in [-0.2, -0.15) is 0 Å². The molecule has 0 bridgehead atoms. The van der Waals surface area contributed by atoms with Gasteiger partial charge in [0.2, 0.25) is 11.8 Å². The van der Waals surface area contributed by atoms with Crippen LogP contribution in [0.15, 0.2) is 60.8 Å². The molecule has 0 spiro atoms. The highest BCUT2D eigenvalue weighted by molar-refractivity contribution is 6.02. The van der Waals surface area contributed by atoms with Crippen molar-refractivity contribution >= 4 is 28.8 Å². The molecular weight excluding hydrogens is 370 g/mol. The lowest BCUT2D eigenvalue weighted by Crippen LogP contribution is -2.38. The number of carbonyl (C=O) groups excluding carboxylic acids is 3. The number of amides is 3. The van der Waals surface area contributed by atoms with Crippen LogP contribution in [0.3, 0.4) is 0 Å². The highest BCUT2D eigenvalue weighted by Gasteiger charge is 2.19. The van der Waals surface area contributed by atoms with Crippen molar-refractivity contribution in [2.24, 2.45) is 0 Å². The molecule has 1 heterocycles. The lowest BCUT2D eigenvalue weighted by Gasteiger charge is -2.22. The minimum atomic E-state index is -0.879. The van der Waals surface area contributed by atoms with E-state index >= 15 is 0 Å². The maximum Gasteiger partial charge on any atom is 0.413 e. The van der Waals surface area contributed by atoms with Crippen molar-refractivity contribution in [3.8, 4) is 0 Å². The van der Waals surface area contributed by atoms with Gasteiger partial charge >= 0.3 is 6.09 Å². The zero-order valence-electron chi connectivity index (χ0n) is 16.2. The molecule has 0 radical (unpaired) electrons. The maximum absolute atomic E-state index is 12.8. The number of H-pyrrole nitrogens is 1. The molecule has 0 saturated heterocycles. The van der Waals surface area contributed by atoms with Gasteiger partial charge in [-0.25, -0.2) is 4.79 Å². The SMILES string of the molecule is COC(=O)NC(=O)CC(=O)N(CCc1c[nH]c2ccccc12)Cc1ccccc1. The summed E-state index contributed by atoms with van der Waals surface area (Å²) in [6, 6.07) is 17.6. The lowest BCUT2D eigenvalue weighted by atomic mass is 10.1. The first-order chi connectivity index (χ1) is 14.1. The molecule has 29 heavy (non-hydrogen) atoms. The molecule has 2 N–H and O–H groups in total. The summed E-state index contributed by atoms with van der Waals surface area (Å²) < 4.78 is 4.40. The fourth-order valence-electron chi connectivity index (χ4n) is 3.15. The molecule has 3 aromatic rings. The summed E-state index contributed by atoms with van der Waals surface area (Å²) in [5.74, 6) is -1.04. The van der Waals surface area contributed by atoms with Crippen LogP contribution in [0.5, 0.6) is 0 Å². The van der Waals surface area contributed by atoms with E-state index in [-0.39, 0.29) is 5.91 Å². The van der Waals surface area contributed by atoms with Crippen LogP contribution in [0.2, 0.25) is 0 Å². The maximum atomic E-state index is 12.8. The summed E-state index contributed by atoms with van der Waals surface area (Å²) in [5, 5.41) is 3.13. The van der Waals surface area contributed by atoms with Crippen LogP contribution in [0, 0.1) is 0 Å². The van der Waals surface area contributed by atoms with Crippen LogP contribution in [0.25, 0.3) is 10.9 Å². The number of imide groups is 1. The Hall–Kier alpha value is -3.61. The van der Waals surface area contributed by atoms with E-state index in [4.69, 9.17) is 0 Å². The fourth-order valence-corrected chi connectivity index (χ4v) is 3.15. The van der Waals surface area contributed by atoms with Crippen molar-refractivity contribution < 1.29 is 19.1 Å². The van der Waals surface area contributed by atoms with Gasteiger partial charge in [-0.1, -0.05) is 48.5 Å². The number of hydrogen-bond donors (Lipinski definition) is 2. The van der Waals surface area contributed by atoms with Gasteiger partial charge in [-0.05, 0) is 23.6 Å². The summed E-state index contributed by atoms with van der Waals surface area (Å²) in [7, 11) is 1.16. The van der Waals surface area contributed by atoms with Gasteiger partial charge in [0.05, 0.1) is 7.11 Å². The summed E-state index contributed by atoms with van der Waals surface area (Å²) in [4.78, 5) is 40.7. The highest BCUT2D eigenvalue weighted by atomic mass is 16.5. The Balaban J connectivity index is 1.71. The van der Waals surface area contributed by atoms with E-state index in [0.717, 1.165) is 29.1 Å². The van der Waals surface area contributed by atoms with Crippen molar-refractivity contribution in [3.05, 3.63) is 71.9 Å². The zero-order valence-corrected chi connectivity index (χ0v) is 16.2. The average Bonchev–Trinajstić information content (AvgIpc) is 3.14. The van der Waals surface area contributed by atoms with Crippen LogP contribution in [0.1, 0.15) is 17.5 Å². The van der Waals surface area contributed by atoms with Gasteiger partial charge in [0.25, 0.3) is 0 Å². The lowest BCUT2D eigenvalue weighted by molar-refractivity contribution is -0.136. The van der Waals surface area contributed by atoms with Crippen molar-refractivity contribution in [1.82, 2.24) is 15.2 Å². The predicted molar refractivity (Wildman–Crippen MR) is 109 cm³/mol. The molecule has 0 aliphatic carbocycles. The second kappa shape index (κ2) is 9.54. The molecule has 0 aliphatic heterocycles. The number of nitrogens with one attached hydrogen (secondary N) is 2. The third kappa shape index (κ3) is 5.44. The van der Waals surface area contributed by atoms with E-state index in [1.807, 2.05) is 66.1 Å². The zero-order chi connectivity index (χ0) is 20.6. The Labute approximate surface area is 168 Å². The normalized spacial score (nSPS) is 10.5. The molecule has 150 valence electrons. The van der Waals surface area contributed by atoms with E-state index < -0.39 is 18.4 Å². The molecule has 2 aromatic carbocycles. The number of benzene rings is 2. The molecule has 1 aromatic heterocycles. The second-order valence-corrected chi connectivity index (χ2v) is 6.63. The monoisotopic (exact) mass is 393 g/mol. The fraction of sp³-hybridized carbons (Fsp3) is 0.227. The first kappa shape index (κ1) is 20.1. The molecule has 0 atom stereocenters. The summed E-state index contributed by atoms with van der Waals surface area (Å²) >= 11 is 0. The van der Waals surface area contributed by atoms with Crippen LogP contribution in [-0.2, 0) is 27.3 Å². The molecular formula is C22H23N3O4. The summed E-state index contributed by atoms with van der Waals surface area (Å²) in [5.41, 5.74) is 3.11. The Morgan fingerprint density at radius 2 is 1.76 bits per heavy atom. The number of alkyl carbamates (subject to hydrolysis) is 1. The van der Waals surface area contributed by atoms with E-state index in [1.54, 1.807) is 4.90 Å². The molecule has 0 aliphatic rings. The number of nitrogens with zero attached hydrogens (tertiary/aromatic N) is 1. The summed E-state index contributed by atoms with van der Waals surface area (Å²) in [6.45, 7) is 0.828. The topological polar surface area (TPSA) is 91.5 Å². The molecule has 7 heteroatoms. The predicted octanol–water partition coefficient (Wildman–Crippen LogP) is 3.01. The number of ether oxygens (including phenoxy) is 1. The van der Waals surface area contributed by atoms with Crippen molar-refractivity contribution in [3.63, 3.8) is 0 Å². The highest BCUT2D eigenvalue weighted by Crippen LogP contribution is 2.19. The number of para-hydroxylation sites is 1. The van der Waals surface area contributed by atoms with E-state index in [9.17, 15) is 14.4 Å². The number of aromatic amines is 1. The number of aromatic nitrogens is 1. The van der Waals surface area contributed by atoms with E-state index in [1.165, 1.54) is 0 Å². The van der Waals surface area contributed by atoms with Gasteiger partial charge in [0.1, 0.15) is 6.42 Å². The minimum absolute atomic E-state index is 0.352. The number of carbonyl (C=O) groups is 3. The molecule has 3 rings (SSSR count). The number of hydrogen-bond acceptors (Lipinski definition) is 4. The molecule has 0 fully saturated rings. The van der Waals surface area contributed by atoms with Crippen molar-refractivity contribution in [1.29, 1.82) is 0 Å². The standard InChI is InChI=1S/C22H23N3O4/c1-29-22(28)24-20(26)13-21(27)25(15-16-7-3-2-4-8-16)12-11-17-14-23-19-10-6-5-9-18(17)19/h2-10,14,23H,11-13,15H2,1H3,(H,24,26,28). The van der Waals surface area contributed by atoms with Gasteiger partial charge in [-0.3, -0.25) is 14.9 Å². The molecule has 7 nitrogen and oxygen atoms in total. The van der Waals surface area contributed by atoms with Gasteiger partial charge in [0.15, 0.2) is 0 Å². The second-order valence-electron chi connectivity index (χ2n) is 6.63. The smallest absolute Gasteiger partial charge is 0.413 e. The Morgan fingerprint density at radius 1 is 1.03 bits per heavy atom. The third-order valence-electron chi connectivity index (χ3n) is 4.63. The van der Waals surface area contributed by atoms with Crippen LogP contribution in [-0.4, -0.2) is 41.4 Å². The largest absolute Gasteiger partial charge is 0.453 e.